The molecule has 0 bridgehead atoms. The summed E-state index contributed by atoms with van der Waals surface area (Å²) >= 11 is 12.5. The molecule has 5 rings (SSSR count). The van der Waals surface area contributed by atoms with Crippen molar-refractivity contribution in [3.05, 3.63) is 69.3 Å². The molecule has 1 amide bonds. The van der Waals surface area contributed by atoms with Crippen molar-refractivity contribution in [2.45, 2.75) is 30.2 Å². The number of ether oxygens (including phenoxy) is 1. The highest BCUT2D eigenvalue weighted by atomic mass is 35.5. The number of aromatic nitrogens is 1. The number of nitrogens with zero attached hydrogens (tertiary/aromatic N) is 1. The number of nitrogens with one attached hydrogen (secondary N) is 1. The molecular weight excluding hydrogens is 451 g/mol. The fraction of sp³-hybridized carbons (Fsp3) is 0.333. The molecule has 1 aliphatic carbocycles. The third kappa shape index (κ3) is 3.20. The van der Waals surface area contributed by atoms with E-state index in [9.17, 15) is 14.7 Å². The number of rotatable bonds is 5. The Morgan fingerprint density at radius 1 is 1.06 bits per heavy atom. The second-order valence-corrected chi connectivity index (χ2v) is 9.47. The third-order valence-corrected chi connectivity index (χ3v) is 7.69. The maximum absolute atomic E-state index is 13.4. The smallest absolute Gasteiger partial charge is 0.314 e. The number of fused-ring (bicyclic) bond motifs is 1. The minimum absolute atomic E-state index is 0.241. The van der Waals surface area contributed by atoms with Crippen molar-refractivity contribution in [2.24, 2.45) is 7.05 Å². The summed E-state index contributed by atoms with van der Waals surface area (Å²) in [4.78, 5) is 25.0. The van der Waals surface area contributed by atoms with Gasteiger partial charge in [0.15, 0.2) is 0 Å². The van der Waals surface area contributed by atoms with Gasteiger partial charge in [0.25, 0.3) is 5.91 Å². The number of carbonyl (C=O) groups excluding carboxylic acids is 1. The molecule has 32 heavy (non-hydrogen) atoms. The Morgan fingerprint density at radius 2 is 1.75 bits per heavy atom. The lowest BCUT2D eigenvalue weighted by Gasteiger charge is -2.30. The fourth-order valence-corrected chi connectivity index (χ4v) is 5.05. The molecule has 0 radical (unpaired) electrons. The number of aryl methyl sites for hydroxylation is 1. The first-order valence-corrected chi connectivity index (χ1v) is 11.2. The number of carboxylic acids is 1. The molecule has 1 aromatic heterocycles. The second kappa shape index (κ2) is 7.51. The zero-order valence-electron chi connectivity index (χ0n) is 17.5. The van der Waals surface area contributed by atoms with Crippen molar-refractivity contribution >= 4 is 46.0 Å². The third-order valence-electron chi connectivity index (χ3n) is 6.87. The van der Waals surface area contributed by atoms with Gasteiger partial charge in [0.05, 0.1) is 27.6 Å². The number of amides is 1. The normalized spacial score (nSPS) is 21.6. The predicted molar refractivity (Wildman–Crippen MR) is 123 cm³/mol. The van der Waals surface area contributed by atoms with Crippen molar-refractivity contribution in [3.63, 3.8) is 0 Å². The van der Waals surface area contributed by atoms with Crippen LogP contribution in [0.4, 0.5) is 0 Å². The topological polar surface area (TPSA) is 80.6 Å². The molecule has 1 aliphatic heterocycles. The molecular formula is C24H22Cl2N2O4. The molecule has 6 nitrogen and oxygen atoms in total. The van der Waals surface area contributed by atoms with Gasteiger partial charge in [-0.3, -0.25) is 9.59 Å². The van der Waals surface area contributed by atoms with E-state index in [1.807, 2.05) is 37.4 Å². The Kier molecular flexibility index (Phi) is 5.00. The highest BCUT2D eigenvalue weighted by Crippen LogP contribution is 2.48. The fourth-order valence-electron chi connectivity index (χ4n) is 4.67. The zero-order valence-corrected chi connectivity index (χ0v) is 19.0. The van der Waals surface area contributed by atoms with Gasteiger partial charge in [-0.25, -0.2) is 0 Å². The average Bonchev–Trinajstić information content (AvgIpc) is 3.35. The summed E-state index contributed by atoms with van der Waals surface area (Å²) in [6.07, 6.45) is 1.93. The van der Waals surface area contributed by atoms with Crippen LogP contribution in [0.3, 0.4) is 0 Å². The van der Waals surface area contributed by atoms with Crippen LogP contribution in [0.15, 0.2) is 42.5 Å². The van der Waals surface area contributed by atoms with Crippen molar-refractivity contribution in [3.8, 4) is 0 Å². The van der Waals surface area contributed by atoms with Crippen LogP contribution in [0.2, 0.25) is 10.0 Å². The van der Waals surface area contributed by atoms with Crippen LogP contribution in [-0.2, 0) is 27.5 Å². The Bertz CT molecular complexity index is 1240. The lowest BCUT2D eigenvalue weighted by atomic mass is 9.86. The standard InChI is InChI=1S/C24H22Cl2N2O4/c1-28-18-7-6-17(25)20(26)16(18)12-19(28)21(29)27-24(10-11-32-13-24)15-4-2-14(3-5-15)23(8-9-23)22(30)31/h2-7,12H,8-11,13H2,1H3,(H,27,29)(H,30,31). The van der Waals surface area contributed by atoms with Gasteiger partial charge in [-0.05, 0) is 42.2 Å². The van der Waals surface area contributed by atoms with Crippen molar-refractivity contribution in [2.75, 3.05) is 13.2 Å². The van der Waals surface area contributed by atoms with Gasteiger partial charge in [-0.15, -0.1) is 0 Å². The molecule has 1 atom stereocenters. The summed E-state index contributed by atoms with van der Waals surface area (Å²) in [5, 5.41) is 14.3. The molecule has 2 fully saturated rings. The van der Waals surface area contributed by atoms with Crippen molar-refractivity contribution < 1.29 is 19.4 Å². The number of hydrogen-bond acceptors (Lipinski definition) is 3. The monoisotopic (exact) mass is 472 g/mol. The second-order valence-electron chi connectivity index (χ2n) is 8.69. The Labute approximate surface area is 195 Å². The molecule has 2 N–H and O–H groups in total. The van der Waals surface area contributed by atoms with Gasteiger partial charge < -0.3 is 19.7 Å². The number of halogens is 2. The predicted octanol–water partition coefficient (Wildman–Crippen LogP) is 4.65. The van der Waals surface area contributed by atoms with Crippen LogP contribution in [0.5, 0.6) is 0 Å². The largest absolute Gasteiger partial charge is 0.481 e. The summed E-state index contributed by atoms with van der Waals surface area (Å²) in [6, 6.07) is 12.8. The van der Waals surface area contributed by atoms with Crippen LogP contribution < -0.4 is 5.32 Å². The number of carbonyl (C=O) groups is 2. The van der Waals surface area contributed by atoms with Crippen molar-refractivity contribution in [1.82, 2.24) is 9.88 Å². The van der Waals surface area contributed by atoms with Gasteiger partial charge in [0, 0.05) is 31.0 Å². The number of aliphatic carboxylic acids is 1. The van der Waals surface area contributed by atoms with Crippen LogP contribution in [-0.4, -0.2) is 34.8 Å². The van der Waals surface area contributed by atoms with Crippen molar-refractivity contribution in [1.29, 1.82) is 0 Å². The minimum Gasteiger partial charge on any atom is -0.481 e. The van der Waals surface area contributed by atoms with Crippen LogP contribution >= 0.6 is 23.2 Å². The van der Waals surface area contributed by atoms with Gasteiger partial charge in [0.1, 0.15) is 5.69 Å². The van der Waals surface area contributed by atoms with Crippen LogP contribution in [0.1, 0.15) is 40.9 Å². The van der Waals surface area contributed by atoms with Gasteiger partial charge in [-0.1, -0.05) is 47.5 Å². The molecule has 2 heterocycles. The van der Waals surface area contributed by atoms with Gasteiger partial charge in [-0.2, -0.15) is 0 Å². The summed E-state index contributed by atoms with van der Waals surface area (Å²) in [5.74, 6) is -1.03. The minimum atomic E-state index is -0.785. The molecule has 1 unspecified atom stereocenters. The molecule has 1 saturated heterocycles. The molecule has 1 saturated carbocycles. The van der Waals surface area contributed by atoms with E-state index in [0.29, 0.717) is 48.2 Å². The first-order chi connectivity index (χ1) is 15.3. The highest BCUT2D eigenvalue weighted by molar-refractivity contribution is 6.45. The maximum Gasteiger partial charge on any atom is 0.314 e. The lowest BCUT2D eigenvalue weighted by molar-refractivity contribution is -0.140. The van der Waals surface area contributed by atoms with Crippen LogP contribution in [0.25, 0.3) is 10.9 Å². The van der Waals surface area contributed by atoms with Gasteiger partial charge >= 0.3 is 5.97 Å². The highest BCUT2D eigenvalue weighted by Gasteiger charge is 2.52. The zero-order chi connectivity index (χ0) is 22.7. The Morgan fingerprint density at radius 3 is 2.34 bits per heavy atom. The molecule has 2 aliphatic rings. The van der Waals surface area contributed by atoms with E-state index < -0.39 is 16.9 Å². The molecule has 166 valence electrons. The maximum atomic E-state index is 13.4. The molecule has 0 spiro atoms. The first-order valence-electron chi connectivity index (χ1n) is 10.5. The molecule has 3 aromatic rings. The van der Waals surface area contributed by atoms with E-state index in [1.54, 1.807) is 16.7 Å². The summed E-state index contributed by atoms with van der Waals surface area (Å²) in [6.45, 7) is 0.871. The van der Waals surface area contributed by atoms with Gasteiger partial charge in [0.2, 0.25) is 0 Å². The van der Waals surface area contributed by atoms with E-state index in [1.165, 1.54) is 0 Å². The number of carboxylic acid groups (broad SMARTS) is 1. The van der Waals surface area contributed by atoms with E-state index in [0.717, 1.165) is 22.0 Å². The summed E-state index contributed by atoms with van der Waals surface area (Å²) in [7, 11) is 1.81. The number of benzene rings is 2. The Hall–Kier alpha value is -2.54. The quantitative estimate of drug-likeness (QED) is 0.566. The van der Waals surface area contributed by atoms with Crippen LogP contribution in [0, 0.1) is 0 Å². The van der Waals surface area contributed by atoms with E-state index in [4.69, 9.17) is 27.9 Å². The average molecular weight is 473 g/mol. The Balaban J connectivity index is 1.47. The molecule has 8 heteroatoms. The lowest BCUT2D eigenvalue weighted by Crippen LogP contribution is -2.47. The SMILES string of the molecule is Cn1c(C(=O)NC2(c3ccc(C4(C(=O)O)CC4)cc3)CCOC2)cc2c(Cl)c(Cl)ccc21. The van der Waals surface area contributed by atoms with E-state index in [-0.39, 0.29) is 5.91 Å². The molecule has 2 aromatic carbocycles. The summed E-state index contributed by atoms with van der Waals surface area (Å²) < 4.78 is 7.46. The summed E-state index contributed by atoms with van der Waals surface area (Å²) in [5.41, 5.74) is 1.53. The van der Waals surface area contributed by atoms with E-state index >= 15 is 0 Å². The van der Waals surface area contributed by atoms with E-state index in [2.05, 4.69) is 5.32 Å². The first kappa shape index (κ1) is 21.3. The number of hydrogen-bond donors (Lipinski definition) is 2.